The third-order valence-corrected chi connectivity index (χ3v) is 2.68. The first-order valence-electron chi connectivity index (χ1n) is 5.39. The van der Waals surface area contributed by atoms with E-state index in [4.69, 9.17) is 9.84 Å². The van der Waals surface area contributed by atoms with Gasteiger partial charge in [-0.25, -0.2) is 13.6 Å². The fourth-order valence-electron chi connectivity index (χ4n) is 1.73. The van der Waals surface area contributed by atoms with Crippen molar-refractivity contribution in [2.45, 2.75) is 0 Å². The van der Waals surface area contributed by atoms with Crippen molar-refractivity contribution >= 4 is 5.97 Å². The summed E-state index contributed by atoms with van der Waals surface area (Å²) in [5.41, 5.74) is 0.778. The summed E-state index contributed by atoms with van der Waals surface area (Å²) in [5, 5.41) is 8.94. The summed E-state index contributed by atoms with van der Waals surface area (Å²) in [6.07, 6.45) is 0. The monoisotopic (exact) mass is 264 g/mol. The van der Waals surface area contributed by atoms with Gasteiger partial charge in [0.15, 0.2) is 11.6 Å². The van der Waals surface area contributed by atoms with Gasteiger partial charge in [0.1, 0.15) is 5.75 Å². The molecule has 0 amide bonds. The number of carbonyl (C=O) groups is 1. The van der Waals surface area contributed by atoms with E-state index in [0.29, 0.717) is 16.9 Å². The maximum atomic E-state index is 13.2. The second-order valence-electron chi connectivity index (χ2n) is 3.85. The predicted molar refractivity (Wildman–Crippen MR) is 65.3 cm³/mol. The molecule has 0 bridgehead atoms. The van der Waals surface area contributed by atoms with E-state index in [0.717, 1.165) is 12.1 Å². The fraction of sp³-hybridized carbons (Fsp3) is 0.0714. The first-order chi connectivity index (χ1) is 9.02. The van der Waals surface area contributed by atoms with Crippen LogP contribution in [0.4, 0.5) is 8.78 Å². The predicted octanol–water partition coefficient (Wildman–Crippen LogP) is 3.34. The number of carboxylic acid groups (broad SMARTS) is 1. The quantitative estimate of drug-likeness (QED) is 0.924. The Balaban J connectivity index is 2.61. The highest BCUT2D eigenvalue weighted by Crippen LogP contribution is 2.31. The van der Waals surface area contributed by atoms with Crippen LogP contribution in [0.2, 0.25) is 0 Å². The van der Waals surface area contributed by atoms with Gasteiger partial charge in [-0.1, -0.05) is 6.07 Å². The van der Waals surface area contributed by atoms with Crippen molar-refractivity contribution in [2.24, 2.45) is 0 Å². The highest BCUT2D eigenvalue weighted by Gasteiger charge is 2.12. The highest BCUT2D eigenvalue weighted by molar-refractivity contribution is 5.90. The third kappa shape index (κ3) is 2.54. The van der Waals surface area contributed by atoms with Gasteiger partial charge in [-0.3, -0.25) is 0 Å². The molecular weight excluding hydrogens is 254 g/mol. The van der Waals surface area contributed by atoms with Gasteiger partial charge in [0.2, 0.25) is 0 Å². The lowest BCUT2D eigenvalue weighted by Gasteiger charge is -2.10. The summed E-state index contributed by atoms with van der Waals surface area (Å²) in [6.45, 7) is 0. The van der Waals surface area contributed by atoms with E-state index in [2.05, 4.69) is 0 Å². The first kappa shape index (κ1) is 13.0. The molecule has 2 rings (SSSR count). The highest BCUT2D eigenvalue weighted by atomic mass is 19.2. The van der Waals surface area contributed by atoms with Gasteiger partial charge < -0.3 is 9.84 Å². The van der Waals surface area contributed by atoms with Crippen LogP contribution in [0.5, 0.6) is 5.75 Å². The lowest BCUT2D eigenvalue weighted by Crippen LogP contribution is -1.98. The molecule has 0 aromatic heterocycles. The number of rotatable bonds is 3. The number of carboxylic acids is 1. The molecule has 0 spiro atoms. The average molecular weight is 264 g/mol. The summed E-state index contributed by atoms with van der Waals surface area (Å²) in [6, 6.07) is 7.55. The van der Waals surface area contributed by atoms with Crippen LogP contribution in [0, 0.1) is 11.6 Å². The third-order valence-electron chi connectivity index (χ3n) is 2.68. The minimum Gasteiger partial charge on any atom is -0.496 e. The SMILES string of the molecule is COc1ccc(C(=O)O)cc1-c1ccc(F)c(F)c1. The van der Waals surface area contributed by atoms with Gasteiger partial charge in [0, 0.05) is 5.56 Å². The molecule has 0 saturated carbocycles. The van der Waals surface area contributed by atoms with Gasteiger partial charge in [-0.05, 0) is 35.9 Å². The van der Waals surface area contributed by atoms with E-state index in [1.165, 1.54) is 31.4 Å². The number of aromatic carboxylic acids is 1. The zero-order valence-electron chi connectivity index (χ0n) is 9.98. The number of benzene rings is 2. The summed E-state index contributed by atoms with van der Waals surface area (Å²) in [7, 11) is 1.42. The Morgan fingerprint density at radius 1 is 1.11 bits per heavy atom. The standard InChI is InChI=1S/C14H10F2O3/c1-19-13-5-3-9(14(17)18)6-10(13)8-2-4-11(15)12(16)7-8/h2-7H,1H3,(H,17,18). The van der Waals surface area contributed by atoms with Crippen LogP contribution in [0.15, 0.2) is 36.4 Å². The smallest absolute Gasteiger partial charge is 0.335 e. The second kappa shape index (κ2) is 5.06. The van der Waals surface area contributed by atoms with Crippen LogP contribution in [0.1, 0.15) is 10.4 Å². The molecule has 0 fully saturated rings. The molecule has 1 N–H and O–H groups in total. The number of hydrogen-bond acceptors (Lipinski definition) is 2. The molecule has 2 aromatic rings. The van der Waals surface area contributed by atoms with Crippen LogP contribution in [-0.2, 0) is 0 Å². The van der Waals surface area contributed by atoms with E-state index in [9.17, 15) is 13.6 Å². The Morgan fingerprint density at radius 3 is 2.42 bits per heavy atom. The zero-order chi connectivity index (χ0) is 14.0. The molecule has 0 aliphatic heterocycles. The van der Waals surface area contributed by atoms with Crippen LogP contribution in [0.3, 0.4) is 0 Å². The Labute approximate surface area is 108 Å². The van der Waals surface area contributed by atoms with Gasteiger partial charge in [0.25, 0.3) is 0 Å². The molecule has 3 nitrogen and oxygen atoms in total. The van der Waals surface area contributed by atoms with E-state index in [1.807, 2.05) is 0 Å². The Bertz CT molecular complexity index is 639. The first-order valence-corrected chi connectivity index (χ1v) is 5.39. The maximum Gasteiger partial charge on any atom is 0.335 e. The minimum atomic E-state index is -1.11. The molecule has 19 heavy (non-hydrogen) atoms. The molecule has 0 atom stereocenters. The molecule has 0 aliphatic rings. The Kier molecular flexibility index (Phi) is 3.46. The van der Waals surface area contributed by atoms with Crippen molar-refractivity contribution in [1.29, 1.82) is 0 Å². The Hall–Kier alpha value is -2.43. The number of ether oxygens (including phenoxy) is 1. The van der Waals surface area contributed by atoms with Crippen LogP contribution >= 0.6 is 0 Å². The summed E-state index contributed by atoms with van der Waals surface area (Å²) in [4.78, 5) is 10.9. The van der Waals surface area contributed by atoms with Crippen LogP contribution < -0.4 is 4.74 Å². The van der Waals surface area contributed by atoms with Gasteiger partial charge >= 0.3 is 5.97 Å². The zero-order valence-corrected chi connectivity index (χ0v) is 9.98. The van der Waals surface area contributed by atoms with E-state index < -0.39 is 17.6 Å². The normalized spacial score (nSPS) is 10.3. The van der Waals surface area contributed by atoms with Crippen LogP contribution in [-0.4, -0.2) is 18.2 Å². The van der Waals surface area contributed by atoms with Crippen molar-refractivity contribution in [3.05, 3.63) is 53.6 Å². The van der Waals surface area contributed by atoms with Crippen LogP contribution in [0.25, 0.3) is 11.1 Å². The molecular formula is C14H10F2O3. The Morgan fingerprint density at radius 2 is 1.84 bits per heavy atom. The lowest BCUT2D eigenvalue weighted by atomic mass is 10.0. The van der Waals surface area contributed by atoms with E-state index in [-0.39, 0.29) is 5.56 Å². The molecule has 0 heterocycles. The molecule has 98 valence electrons. The van der Waals surface area contributed by atoms with Crippen molar-refractivity contribution in [2.75, 3.05) is 7.11 Å². The van der Waals surface area contributed by atoms with Crippen molar-refractivity contribution in [3.63, 3.8) is 0 Å². The van der Waals surface area contributed by atoms with E-state index >= 15 is 0 Å². The molecule has 0 saturated heterocycles. The molecule has 0 radical (unpaired) electrons. The number of hydrogen-bond donors (Lipinski definition) is 1. The molecule has 2 aromatic carbocycles. The van der Waals surface area contributed by atoms with E-state index in [1.54, 1.807) is 0 Å². The van der Waals surface area contributed by atoms with Crippen molar-refractivity contribution < 1.29 is 23.4 Å². The second-order valence-corrected chi connectivity index (χ2v) is 3.85. The largest absolute Gasteiger partial charge is 0.496 e. The number of halogens is 2. The van der Waals surface area contributed by atoms with Crippen molar-refractivity contribution in [1.82, 2.24) is 0 Å². The van der Waals surface area contributed by atoms with Crippen molar-refractivity contribution in [3.8, 4) is 16.9 Å². The number of methoxy groups -OCH3 is 1. The minimum absolute atomic E-state index is 0.0422. The van der Waals surface area contributed by atoms with Gasteiger partial charge in [-0.2, -0.15) is 0 Å². The topological polar surface area (TPSA) is 46.5 Å². The van der Waals surface area contributed by atoms with Gasteiger partial charge in [0.05, 0.1) is 12.7 Å². The van der Waals surface area contributed by atoms with Gasteiger partial charge in [-0.15, -0.1) is 0 Å². The molecule has 5 heteroatoms. The summed E-state index contributed by atoms with van der Waals surface area (Å²) < 4.78 is 31.2. The lowest BCUT2D eigenvalue weighted by molar-refractivity contribution is 0.0697. The molecule has 0 unspecified atom stereocenters. The fourth-order valence-corrected chi connectivity index (χ4v) is 1.73. The average Bonchev–Trinajstić information content (AvgIpc) is 2.41. The molecule has 0 aliphatic carbocycles. The summed E-state index contributed by atoms with van der Waals surface area (Å²) >= 11 is 0. The summed E-state index contributed by atoms with van der Waals surface area (Å²) in [5.74, 6) is -2.68. The maximum absolute atomic E-state index is 13.2.